The van der Waals surface area contributed by atoms with Gasteiger partial charge in [-0.1, -0.05) is 23.8 Å². The Hall–Kier alpha value is -2.35. The van der Waals surface area contributed by atoms with Gasteiger partial charge in [-0.05, 0) is 49.9 Å². The first kappa shape index (κ1) is 15.2. The van der Waals surface area contributed by atoms with E-state index in [4.69, 9.17) is 4.74 Å². The van der Waals surface area contributed by atoms with Gasteiger partial charge in [0.15, 0.2) is 12.3 Å². The molecule has 0 saturated heterocycles. The lowest BCUT2D eigenvalue weighted by molar-refractivity contribution is -0.427. The lowest BCUT2D eigenvalue weighted by atomic mass is 9.81. The van der Waals surface area contributed by atoms with E-state index < -0.39 is 0 Å². The van der Waals surface area contributed by atoms with Crippen molar-refractivity contribution in [1.29, 1.82) is 0 Å². The van der Waals surface area contributed by atoms with Gasteiger partial charge in [0.25, 0.3) is 0 Å². The van der Waals surface area contributed by atoms with Crippen molar-refractivity contribution in [3.05, 3.63) is 64.7 Å². The summed E-state index contributed by atoms with van der Waals surface area (Å²) in [6.45, 7) is 5.42. The Balaban J connectivity index is 1.96. The van der Waals surface area contributed by atoms with Gasteiger partial charge in [0.05, 0.1) is 12.7 Å². The Morgan fingerprint density at radius 1 is 1.00 bits per heavy atom. The molecule has 0 aromatic heterocycles. The van der Waals surface area contributed by atoms with Crippen LogP contribution in [0.5, 0.6) is 5.75 Å². The van der Waals surface area contributed by atoms with E-state index in [2.05, 4.69) is 60.9 Å². The second kappa shape index (κ2) is 5.94. The van der Waals surface area contributed by atoms with Crippen LogP contribution < -0.4 is 4.74 Å². The fraction of sp³-hybridized carbons (Fsp3) is 0.318. The van der Waals surface area contributed by atoms with Crippen molar-refractivity contribution < 1.29 is 9.31 Å². The minimum atomic E-state index is 0.910. The van der Waals surface area contributed by atoms with E-state index in [1.807, 2.05) is 0 Å². The quantitative estimate of drug-likeness (QED) is 0.712. The van der Waals surface area contributed by atoms with Crippen molar-refractivity contribution in [3.63, 3.8) is 0 Å². The Bertz CT molecular complexity index is 852. The van der Waals surface area contributed by atoms with Crippen molar-refractivity contribution in [2.24, 2.45) is 0 Å². The normalized spacial score (nSPS) is 16.0. The zero-order chi connectivity index (χ0) is 16.7. The van der Waals surface area contributed by atoms with E-state index >= 15 is 0 Å². The number of rotatable bonds is 2. The number of allylic oxidation sites excluding steroid dienone is 1. The summed E-state index contributed by atoms with van der Waals surface area (Å²) in [4.78, 5) is 0. The molecule has 1 aliphatic carbocycles. The third kappa shape index (κ3) is 2.37. The van der Waals surface area contributed by atoms with Gasteiger partial charge >= 0.3 is 0 Å². The lowest BCUT2D eigenvalue weighted by Gasteiger charge is -2.27. The maximum absolute atomic E-state index is 5.32. The van der Waals surface area contributed by atoms with Crippen LogP contribution in [0.1, 0.15) is 43.4 Å². The molecule has 4 rings (SSSR count). The number of benzene rings is 2. The highest BCUT2D eigenvalue weighted by molar-refractivity contribution is 6.05. The van der Waals surface area contributed by atoms with Crippen LogP contribution >= 0.6 is 0 Å². The summed E-state index contributed by atoms with van der Waals surface area (Å²) in [5.74, 6) is 0.910. The molecule has 2 aromatic rings. The van der Waals surface area contributed by atoms with Crippen LogP contribution in [0.3, 0.4) is 0 Å². The molecule has 0 atom stereocenters. The summed E-state index contributed by atoms with van der Waals surface area (Å²) in [6.07, 6.45) is 3.59. The minimum absolute atomic E-state index is 0.910. The molecule has 0 amide bonds. The first-order valence-corrected chi connectivity index (χ1v) is 8.75. The SMILES string of the molecule is COc1ccc([N+]2=C3CCCc4cccc(c43)C(=C(C)C)C2)cc1. The summed E-state index contributed by atoms with van der Waals surface area (Å²) in [5.41, 5.74) is 10.1. The Morgan fingerprint density at radius 3 is 2.50 bits per heavy atom. The molecule has 2 aromatic carbocycles. The molecule has 2 aliphatic rings. The summed E-state index contributed by atoms with van der Waals surface area (Å²) in [7, 11) is 1.72. The number of hydrogen-bond donors (Lipinski definition) is 0. The van der Waals surface area contributed by atoms with Gasteiger partial charge in [0, 0.05) is 24.1 Å². The van der Waals surface area contributed by atoms with Crippen LogP contribution in [-0.2, 0) is 6.42 Å². The summed E-state index contributed by atoms with van der Waals surface area (Å²) in [5, 5.41) is 0. The molecule has 0 fully saturated rings. The molecule has 0 spiro atoms. The van der Waals surface area contributed by atoms with Gasteiger partial charge in [-0.2, -0.15) is 4.58 Å². The van der Waals surface area contributed by atoms with Crippen molar-refractivity contribution in [3.8, 4) is 5.75 Å². The van der Waals surface area contributed by atoms with Crippen LogP contribution in [-0.4, -0.2) is 23.9 Å². The average Bonchev–Trinajstić information content (AvgIpc) is 2.62. The molecule has 122 valence electrons. The van der Waals surface area contributed by atoms with Gasteiger partial charge in [-0.3, -0.25) is 0 Å². The van der Waals surface area contributed by atoms with Crippen LogP contribution in [0.2, 0.25) is 0 Å². The van der Waals surface area contributed by atoms with Gasteiger partial charge in [-0.15, -0.1) is 0 Å². The third-order valence-corrected chi connectivity index (χ3v) is 5.25. The molecule has 1 aliphatic heterocycles. The predicted molar refractivity (Wildman–Crippen MR) is 99.5 cm³/mol. The molecule has 1 heterocycles. The van der Waals surface area contributed by atoms with Gasteiger partial charge < -0.3 is 4.74 Å². The summed E-state index contributed by atoms with van der Waals surface area (Å²) in [6, 6.07) is 15.3. The second-order valence-corrected chi connectivity index (χ2v) is 6.90. The highest BCUT2D eigenvalue weighted by atomic mass is 16.5. The fourth-order valence-corrected chi connectivity index (χ4v) is 4.02. The average molecular weight is 318 g/mol. The van der Waals surface area contributed by atoms with Crippen molar-refractivity contribution in [1.82, 2.24) is 0 Å². The summed E-state index contributed by atoms with van der Waals surface area (Å²) >= 11 is 0. The van der Waals surface area contributed by atoms with Gasteiger partial charge in [-0.25, -0.2) is 0 Å². The maximum Gasteiger partial charge on any atom is 0.205 e. The van der Waals surface area contributed by atoms with Gasteiger partial charge in [0.2, 0.25) is 5.69 Å². The largest absolute Gasteiger partial charge is 0.497 e. The van der Waals surface area contributed by atoms with E-state index in [0.29, 0.717) is 0 Å². The number of nitrogens with zero attached hydrogens (tertiary/aromatic N) is 1. The highest BCUT2D eigenvalue weighted by Crippen LogP contribution is 2.36. The molecule has 0 bridgehead atoms. The third-order valence-electron chi connectivity index (χ3n) is 5.25. The van der Waals surface area contributed by atoms with E-state index in [1.165, 1.54) is 52.1 Å². The minimum Gasteiger partial charge on any atom is -0.497 e. The predicted octanol–water partition coefficient (Wildman–Crippen LogP) is 4.97. The monoisotopic (exact) mass is 318 g/mol. The van der Waals surface area contributed by atoms with Crippen molar-refractivity contribution in [2.45, 2.75) is 33.1 Å². The van der Waals surface area contributed by atoms with Crippen LogP contribution in [0, 0.1) is 0 Å². The van der Waals surface area contributed by atoms with Gasteiger partial charge in [0.1, 0.15) is 5.75 Å². The maximum atomic E-state index is 5.32. The number of aryl methyl sites for hydroxylation is 1. The number of hydrogen-bond acceptors (Lipinski definition) is 1. The Kier molecular flexibility index (Phi) is 3.76. The summed E-state index contributed by atoms with van der Waals surface area (Å²) < 4.78 is 7.83. The zero-order valence-electron chi connectivity index (χ0n) is 14.7. The number of methoxy groups -OCH3 is 1. The smallest absolute Gasteiger partial charge is 0.205 e. The molecule has 0 unspecified atom stereocenters. The van der Waals surface area contributed by atoms with Crippen LogP contribution in [0.4, 0.5) is 5.69 Å². The van der Waals surface area contributed by atoms with E-state index in [9.17, 15) is 0 Å². The lowest BCUT2D eigenvalue weighted by Crippen LogP contribution is -2.30. The molecule has 2 heteroatoms. The topological polar surface area (TPSA) is 12.2 Å². The van der Waals surface area contributed by atoms with Crippen molar-refractivity contribution in [2.75, 3.05) is 13.7 Å². The first-order chi connectivity index (χ1) is 11.7. The number of ether oxygens (including phenoxy) is 1. The van der Waals surface area contributed by atoms with E-state index in [0.717, 1.165) is 18.7 Å². The molecule has 0 radical (unpaired) electrons. The Morgan fingerprint density at radius 2 is 1.79 bits per heavy atom. The molecule has 2 nitrogen and oxygen atoms in total. The molecular weight excluding hydrogens is 294 g/mol. The van der Waals surface area contributed by atoms with Crippen molar-refractivity contribution >= 4 is 17.0 Å². The molecule has 24 heavy (non-hydrogen) atoms. The molecule has 0 N–H and O–H groups in total. The first-order valence-electron chi connectivity index (χ1n) is 8.75. The Labute approximate surface area is 144 Å². The van der Waals surface area contributed by atoms with E-state index in [-0.39, 0.29) is 0 Å². The van der Waals surface area contributed by atoms with E-state index in [1.54, 1.807) is 7.11 Å². The fourth-order valence-electron chi connectivity index (χ4n) is 4.02. The molecule has 0 saturated carbocycles. The highest BCUT2D eigenvalue weighted by Gasteiger charge is 2.34. The van der Waals surface area contributed by atoms with Crippen LogP contribution in [0.25, 0.3) is 5.57 Å². The second-order valence-electron chi connectivity index (χ2n) is 6.90. The molecular formula is C22H24NO+. The van der Waals surface area contributed by atoms with Crippen LogP contribution in [0.15, 0.2) is 48.0 Å². The zero-order valence-corrected chi connectivity index (χ0v) is 14.7. The standard InChI is InChI=1S/C22H24NO/c1-15(2)20-14-23(17-10-12-18(24-3)13-11-17)21-9-5-7-16-6-4-8-19(20)22(16)21/h4,6,8,10-13H,5,7,9,14H2,1-3H3/q+1.